The van der Waals surface area contributed by atoms with Crippen molar-refractivity contribution in [1.29, 1.82) is 0 Å². The molecule has 0 aliphatic carbocycles. The molecule has 0 aromatic carbocycles. The van der Waals surface area contributed by atoms with Crippen molar-refractivity contribution in [3.63, 3.8) is 0 Å². The Hall–Kier alpha value is -0.160. The Bertz CT molecular complexity index is 262. The maximum atomic E-state index is 6.01. The highest BCUT2D eigenvalue weighted by molar-refractivity contribution is 4.76. The molecule has 1 saturated heterocycles. The van der Waals surface area contributed by atoms with Gasteiger partial charge in [0.15, 0.2) is 0 Å². The topological polar surface area (TPSA) is 33.7 Å². The monoisotopic (exact) mass is 300 g/mol. The molecule has 1 heterocycles. The van der Waals surface area contributed by atoms with E-state index in [1.807, 2.05) is 0 Å². The molecule has 2 atom stereocenters. The fourth-order valence-corrected chi connectivity index (χ4v) is 2.92. The van der Waals surface area contributed by atoms with E-state index in [0.29, 0.717) is 24.2 Å². The van der Waals surface area contributed by atoms with Gasteiger partial charge in [0.05, 0.1) is 25.4 Å². The first-order valence-electron chi connectivity index (χ1n) is 8.62. The predicted octanol–water partition coefficient (Wildman–Crippen LogP) is 2.67. The number of rotatable bonds is 10. The highest BCUT2D eigenvalue weighted by Crippen LogP contribution is 2.19. The van der Waals surface area contributed by atoms with Crippen molar-refractivity contribution in [2.75, 3.05) is 26.3 Å². The zero-order valence-electron chi connectivity index (χ0n) is 14.9. The molecule has 0 amide bonds. The quantitative estimate of drug-likeness (QED) is 0.629. The van der Waals surface area contributed by atoms with Crippen LogP contribution in [0.3, 0.4) is 0 Å². The summed E-state index contributed by atoms with van der Waals surface area (Å²) in [5.41, 5.74) is 0. The van der Waals surface area contributed by atoms with Gasteiger partial charge in [-0.05, 0) is 40.5 Å². The first-order chi connectivity index (χ1) is 9.90. The van der Waals surface area contributed by atoms with Gasteiger partial charge in [-0.3, -0.25) is 4.90 Å². The van der Waals surface area contributed by atoms with E-state index in [4.69, 9.17) is 9.47 Å². The third-order valence-electron chi connectivity index (χ3n) is 4.07. The Labute approximate surface area is 131 Å². The first kappa shape index (κ1) is 18.9. The molecule has 0 radical (unpaired) electrons. The van der Waals surface area contributed by atoms with E-state index in [1.54, 1.807) is 0 Å². The highest BCUT2D eigenvalue weighted by Gasteiger charge is 2.25. The van der Waals surface area contributed by atoms with Crippen LogP contribution < -0.4 is 5.32 Å². The minimum absolute atomic E-state index is 0.288. The van der Waals surface area contributed by atoms with Gasteiger partial charge in [0.1, 0.15) is 0 Å². The average molecular weight is 300 g/mol. The Balaban J connectivity index is 2.11. The molecule has 4 heteroatoms. The van der Waals surface area contributed by atoms with Gasteiger partial charge >= 0.3 is 0 Å². The molecule has 2 unspecified atom stereocenters. The van der Waals surface area contributed by atoms with Crippen molar-refractivity contribution in [1.82, 2.24) is 10.2 Å². The Morgan fingerprint density at radius 2 is 1.67 bits per heavy atom. The minimum Gasteiger partial charge on any atom is -0.377 e. The van der Waals surface area contributed by atoms with Crippen LogP contribution in [0, 0.1) is 0 Å². The van der Waals surface area contributed by atoms with Crippen LogP contribution in [0.15, 0.2) is 0 Å². The van der Waals surface area contributed by atoms with Crippen molar-refractivity contribution in [2.45, 2.75) is 84.7 Å². The van der Waals surface area contributed by atoms with E-state index in [0.717, 1.165) is 39.1 Å². The normalized spacial score (nSPS) is 23.1. The Kier molecular flexibility index (Phi) is 8.79. The van der Waals surface area contributed by atoms with E-state index in [1.165, 1.54) is 0 Å². The highest BCUT2D eigenvalue weighted by atomic mass is 16.5. The summed E-state index contributed by atoms with van der Waals surface area (Å²) in [6.45, 7) is 16.8. The zero-order chi connectivity index (χ0) is 15.8. The maximum Gasteiger partial charge on any atom is 0.0813 e. The summed E-state index contributed by atoms with van der Waals surface area (Å²) < 4.78 is 11.8. The van der Waals surface area contributed by atoms with Crippen LogP contribution in [-0.4, -0.2) is 61.5 Å². The molecule has 126 valence electrons. The van der Waals surface area contributed by atoms with Gasteiger partial charge in [-0.2, -0.15) is 0 Å². The fraction of sp³-hybridized carbons (Fsp3) is 1.00. The number of nitrogens with zero attached hydrogens (tertiary/aromatic N) is 1. The van der Waals surface area contributed by atoms with Crippen LogP contribution in [-0.2, 0) is 9.47 Å². The minimum atomic E-state index is 0.288. The second kappa shape index (κ2) is 9.78. The smallest absolute Gasteiger partial charge is 0.0813 e. The van der Waals surface area contributed by atoms with Gasteiger partial charge in [0, 0.05) is 31.2 Å². The van der Waals surface area contributed by atoms with Gasteiger partial charge in [-0.15, -0.1) is 0 Å². The Morgan fingerprint density at radius 1 is 1.05 bits per heavy atom. The third-order valence-corrected chi connectivity index (χ3v) is 4.07. The molecule has 21 heavy (non-hydrogen) atoms. The van der Waals surface area contributed by atoms with Crippen molar-refractivity contribution in [2.24, 2.45) is 0 Å². The van der Waals surface area contributed by atoms with Crippen LogP contribution in [0.5, 0.6) is 0 Å². The molecule has 1 N–H and O–H groups in total. The molecular formula is C17H36N2O2. The number of nitrogens with one attached hydrogen (secondary N) is 1. The van der Waals surface area contributed by atoms with Gasteiger partial charge in [0.2, 0.25) is 0 Å². The van der Waals surface area contributed by atoms with E-state index >= 15 is 0 Å². The maximum absolute atomic E-state index is 6.01. The van der Waals surface area contributed by atoms with E-state index in [2.05, 4.69) is 51.8 Å². The zero-order valence-corrected chi connectivity index (χ0v) is 14.9. The van der Waals surface area contributed by atoms with Gasteiger partial charge in [-0.1, -0.05) is 13.8 Å². The number of hydrogen-bond acceptors (Lipinski definition) is 4. The summed E-state index contributed by atoms with van der Waals surface area (Å²) in [5, 5.41) is 3.44. The van der Waals surface area contributed by atoms with Crippen molar-refractivity contribution in [3.05, 3.63) is 0 Å². The molecule has 0 bridgehead atoms. The van der Waals surface area contributed by atoms with Crippen molar-refractivity contribution >= 4 is 0 Å². The first-order valence-corrected chi connectivity index (χ1v) is 8.62. The molecule has 0 spiro atoms. The molecule has 1 fully saturated rings. The van der Waals surface area contributed by atoms with Gasteiger partial charge in [-0.25, -0.2) is 0 Å². The largest absolute Gasteiger partial charge is 0.377 e. The molecule has 0 aromatic heterocycles. The van der Waals surface area contributed by atoms with E-state index in [9.17, 15) is 0 Å². The van der Waals surface area contributed by atoms with E-state index < -0.39 is 0 Å². The van der Waals surface area contributed by atoms with Crippen molar-refractivity contribution in [3.8, 4) is 0 Å². The standard InChI is InChI=1S/C17H36N2O2/c1-13(2)18-11-16-7-8-17(21-16)12-20-10-9-19(14(3)4)15(5)6/h13-18H,7-12H2,1-6H3. The lowest BCUT2D eigenvalue weighted by atomic mass is 10.2. The molecule has 0 saturated carbocycles. The summed E-state index contributed by atoms with van der Waals surface area (Å²) in [6, 6.07) is 1.67. The van der Waals surface area contributed by atoms with Crippen LogP contribution in [0.1, 0.15) is 54.4 Å². The lowest BCUT2D eigenvalue weighted by molar-refractivity contribution is -0.0214. The average Bonchev–Trinajstić information content (AvgIpc) is 2.83. The third kappa shape index (κ3) is 7.59. The van der Waals surface area contributed by atoms with Crippen LogP contribution in [0.2, 0.25) is 0 Å². The SMILES string of the molecule is CC(C)NCC1CCC(COCCN(C(C)C)C(C)C)O1. The lowest BCUT2D eigenvalue weighted by Gasteiger charge is -2.30. The molecular weight excluding hydrogens is 264 g/mol. The number of hydrogen-bond donors (Lipinski definition) is 1. The summed E-state index contributed by atoms with van der Waals surface area (Å²) in [7, 11) is 0. The number of ether oxygens (including phenoxy) is 2. The summed E-state index contributed by atoms with van der Waals surface area (Å²) in [6.07, 6.45) is 2.93. The van der Waals surface area contributed by atoms with Gasteiger partial charge in [0.25, 0.3) is 0 Å². The van der Waals surface area contributed by atoms with E-state index in [-0.39, 0.29) is 6.10 Å². The summed E-state index contributed by atoms with van der Waals surface area (Å²) in [4.78, 5) is 2.46. The fourth-order valence-electron chi connectivity index (χ4n) is 2.92. The lowest BCUT2D eigenvalue weighted by Crippen LogP contribution is -2.39. The molecule has 1 aliphatic rings. The van der Waals surface area contributed by atoms with Crippen LogP contribution >= 0.6 is 0 Å². The van der Waals surface area contributed by atoms with Crippen LogP contribution in [0.4, 0.5) is 0 Å². The Morgan fingerprint density at radius 3 is 2.24 bits per heavy atom. The van der Waals surface area contributed by atoms with Gasteiger partial charge < -0.3 is 14.8 Å². The summed E-state index contributed by atoms with van der Waals surface area (Å²) in [5.74, 6) is 0. The second-order valence-electron chi connectivity index (χ2n) is 7.02. The van der Waals surface area contributed by atoms with Crippen molar-refractivity contribution < 1.29 is 9.47 Å². The van der Waals surface area contributed by atoms with Crippen LogP contribution in [0.25, 0.3) is 0 Å². The second-order valence-corrected chi connectivity index (χ2v) is 7.02. The molecule has 1 aliphatic heterocycles. The molecule has 4 nitrogen and oxygen atoms in total. The molecule has 0 aromatic rings. The summed E-state index contributed by atoms with van der Waals surface area (Å²) >= 11 is 0. The molecule has 1 rings (SSSR count). The predicted molar refractivity (Wildman–Crippen MR) is 88.8 cm³/mol.